The van der Waals surface area contributed by atoms with Crippen molar-refractivity contribution in [3.63, 3.8) is 0 Å². The number of hydrogen-bond donors (Lipinski definition) is 1. The van der Waals surface area contributed by atoms with Crippen LogP contribution in [-0.4, -0.2) is 17.3 Å². The maximum Gasteiger partial charge on any atom is 0.253 e. The summed E-state index contributed by atoms with van der Waals surface area (Å²) in [6.07, 6.45) is 0. The molecule has 0 spiro atoms. The molecule has 0 heterocycles. The Kier molecular flexibility index (Phi) is 5.31. The normalized spacial score (nSPS) is 11.3. The molecule has 0 aliphatic carbocycles. The minimum atomic E-state index is -0.384. The zero-order chi connectivity index (χ0) is 12.9. The highest BCUT2D eigenvalue weighted by Gasteiger charge is 2.13. The topological polar surface area (TPSA) is 38.3 Å². The number of thioether (sulfide) groups is 1. The van der Waals surface area contributed by atoms with Crippen LogP contribution in [0.2, 0.25) is 5.02 Å². The third kappa shape index (κ3) is 5.96. The Morgan fingerprint density at radius 1 is 1.41 bits per heavy atom. The SMILES string of the molecule is CC(C)(C)ONC(=O)CSc1ccccc1Cl. The zero-order valence-corrected chi connectivity index (χ0v) is 11.7. The van der Waals surface area contributed by atoms with Crippen molar-refractivity contribution in [2.45, 2.75) is 31.3 Å². The van der Waals surface area contributed by atoms with Crippen LogP contribution < -0.4 is 5.48 Å². The Morgan fingerprint density at radius 2 is 2.06 bits per heavy atom. The van der Waals surface area contributed by atoms with Gasteiger partial charge in [-0.3, -0.25) is 9.63 Å². The van der Waals surface area contributed by atoms with Crippen LogP contribution in [0.15, 0.2) is 29.2 Å². The van der Waals surface area contributed by atoms with Gasteiger partial charge in [0.1, 0.15) is 0 Å². The number of hydrogen-bond acceptors (Lipinski definition) is 3. The number of nitrogens with one attached hydrogen (secondary N) is 1. The molecule has 0 saturated heterocycles. The predicted octanol–water partition coefficient (Wildman–Crippen LogP) is 3.28. The average Bonchev–Trinajstić information content (AvgIpc) is 2.24. The number of carbonyl (C=O) groups excluding carboxylic acids is 1. The van der Waals surface area contributed by atoms with Crippen LogP contribution in [0.25, 0.3) is 0 Å². The largest absolute Gasteiger partial charge is 0.272 e. The van der Waals surface area contributed by atoms with Crippen molar-refractivity contribution >= 4 is 29.3 Å². The molecule has 0 saturated carbocycles. The van der Waals surface area contributed by atoms with E-state index >= 15 is 0 Å². The van der Waals surface area contributed by atoms with Gasteiger partial charge >= 0.3 is 0 Å². The summed E-state index contributed by atoms with van der Waals surface area (Å²) in [5, 5.41) is 0.655. The molecule has 0 unspecified atom stereocenters. The van der Waals surface area contributed by atoms with Gasteiger partial charge in [0, 0.05) is 4.90 Å². The molecule has 5 heteroatoms. The molecule has 0 atom stereocenters. The highest BCUT2D eigenvalue weighted by atomic mass is 35.5. The second-order valence-corrected chi connectivity index (χ2v) is 5.88. The van der Waals surface area contributed by atoms with Crippen LogP contribution in [0, 0.1) is 0 Å². The number of halogens is 1. The lowest BCUT2D eigenvalue weighted by atomic mass is 10.2. The quantitative estimate of drug-likeness (QED) is 0.676. The predicted molar refractivity (Wildman–Crippen MR) is 71.2 cm³/mol. The van der Waals surface area contributed by atoms with Crippen molar-refractivity contribution in [2.75, 3.05) is 5.75 Å². The lowest BCUT2D eigenvalue weighted by Gasteiger charge is -2.18. The smallest absolute Gasteiger partial charge is 0.253 e. The monoisotopic (exact) mass is 273 g/mol. The Balaban J connectivity index is 2.36. The van der Waals surface area contributed by atoms with Crippen molar-refractivity contribution in [1.29, 1.82) is 0 Å². The molecule has 3 nitrogen and oxygen atoms in total. The third-order valence-electron chi connectivity index (χ3n) is 1.67. The average molecular weight is 274 g/mol. The fraction of sp³-hybridized carbons (Fsp3) is 0.417. The molecule has 0 bridgehead atoms. The van der Waals surface area contributed by atoms with Gasteiger partial charge in [-0.15, -0.1) is 11.8 Å². The van der Waals surface area contributed by atoms with E-state index in [1.807, 2.05) is 39.0 Å². The summed E-state index contributed by atoms with van der Waals surface area (Å²) in [7, 11) is 0. The third-order valence-corrected chi connectivity index (χ3v) is 3.18. The van der Waals surface area contributed by atoms with Crippen molar-refractivity contribution in [3.8, 4) is 0 Å². The summed E-state index contributed by atoms with van der Waals surface area (Å²) in [4.78, 5) is 17.5. The molecule has 0 radical (unpaired) electrons. The van der Waals surface area contributed by atoms with Crippen molar-refractivity contribution < 1.29 is 9.63 Å². The van der Waals surface area contributed by atoms with E-state index in [0.717, 1.165) is 4.90 Å². The van der Waals surface area contributed by atoms with Gasteiger partial charge in [0.05, 0.1) is 16.4 Å². The Morgan fingerprint density at radius 3 is 2.65 bits per heavy atom. The molecule has 17 heavy (non-hydrogen) atoms. The summed E-state index contributed by atoms with van der Waals surface area (Å²) in [6.45, 7) is 5.61. The van der Waals surface area contributed by atoms with Gasteiger partial charge in [-0.1, -0.05) is 23.7 Å². The van der Waals surface area contributed by atoms with Gasteiger partial charge in [0.15, 0.2) is 0 Å². The summed E-state index contributed by atoms with van der Waals surface area (Å²) >= 11 is 7.36. The molecule has 0 aromatic heterocycles. The van der Waals surface area contributed by atoms with E-state index < -0.39 is 0 Å². The van der Waals surface area contributed by atoms with E-state index in [1.54, 1.807) is 6.07 Å². The number of amides is 1. The number of carbonyl (C=O) groups is 1. The molecule has 1 amide bonds. The van der Waals surface area contributed by atoms with Crippen LogP contribution in [0.4, 0.5) is 0 Å². The first-order valence-corrected chi connectivity index (χ1v) is 6.59. The zero-order valence-electron chi connectivity index (χ0n) is 10.1. The molecule has 1 rings (SSSR count). The highest BCUT2D eigenvalue weighted by molar-refractivity contribution is 8.00. The molecule has 1 aromatic carbocycles. The second-order valence-electron chi connectivity index (χ2n) is 4.46. The Hall–Kier alpha value is -0.710. The maximum absolute atomic E-state index is 11.5. The molecule has 0 aliphatic heterocycles. The van der Waals surface area contributed by atoms with Crippen LogP contribution >= 0.6 is 23.4 Å². The second kappa shape index (κ2) is 6.28. The maximum atomic E-state index is 11.5. The van der Waals surface area contributed by atoms with Crippen LogP contribution in [0.3, 0.4) is 0 Å². The molecule has 0 fully saturated rings. The summed E-state index contributed by atoms with van der Waals surface area (Å²) in [5.41, 5.74) is 2.03. The Bertz CT molecular complexity index is 390. The summed E-state index contributed by atoms with van der Waals surface area (Å²) < 4.78 is 0. The lowest BCUT2D eigenvalue weighted by Crippen LogP contribution is -2.34. The van der Waals surface area contributed by atoms with Crippen molar-refractivity contribution in [1.82, 2.24) is 5.48 Å². The minimum Gasteiger partial charge on any atom is -0.272 e. The van der Waals surface area contributed by atoms with Crippen LogP contribution in [-0.2, 0) is 9.63 Å². The minimum absolute atomic E-state index is 0.176. The van der Waals surface area contributed by atoms with E-state index in [4.69, 9.17) is 16.4 Å². The van der Waals surface area contributed by atoms with Gasteiger partial charge in [0.2, 0.25) is 0 Å². The van der Waals surface area contributed by atoms with Crippen molar-refractivity contribution in [3.05, 3.63) is 29.3 Å². The molecule has 94 valence electrons. The summed E-state index contributed by atoms with van der Waals surface area (Å²) in [5.74, 6) is 0.102. The first kappa shape index (κ1) is 14.4. The highest BCUT2D eigenvalue weighted by Crippen LogP contribution is 2.26. The van der Waals surface area contributed by atoms with E-state index in [9.17, 15) is 4.79 Å². The number of benzene rings is 1. The lowest BCUT2D eigenvalue weighted by molar-refractivity contribution is -0.142. The first-order valence-electron chi connectivity index (χ1n) is 5.23. The number of hydroxylamine groups is 1. The first-order chi connectivity index (χ1) is 7.88. The van der Waals surface area contributed by atoms with Gasteiger partial charge in [-0.2, -0.15) is 0 Å². The Labute approximate surface area is 111 Å². The van der Waals surface area contributed by atoms with E-state index in [2.05, 4.69) is 5.48 Å². The van der Waals surface area contributed by atoms with E-state index in [-0.39, 0.29) is 17.3 Å². The fourth-order valence-electron chi connectivity index (χ4n) is 0.945. The van der Waals surface area contributed by atoms with Gasteiger partial charge in [-0.05, 0) is 32.9 Å². The number of rotatable bonds is 4. The van der Waals surface area contributed by atoms with Crippen LogP contribution in [0.1, 0.15) is 20.8 Å². The fourth-order valence-corrected chi connectivity index (χ4v) is 1.97. The van der Waals surface area contributed by atoms with Gasteiger partial charge < -0.3 is 0 Å². The van der Waals surface area contributed by atoms with E-state index in [1.165, 1.54) is 11.8 Å². The van der Waals surface area contributed by atoms with E-state index in [0.29, 0.717) is 5.02 Å². The molecule has 0 aliphatic rings. The molecular formula is C12H16ClNO2S. The van der Waals surface area contributed by atoms with Crippen LogP contribution in [0.5, 0.6) is 0 Å². The molecule has 1 aromatic rings. The molecule has 1 N–H and O–H groups in total. The standard InChI is InChI=1S/C12H16ClNO2S/c1-12(2,3)16-14-11(15)8-17-10-7-5-4-6-9(10)13/h4-7H,8H2,1-3H3,(H,14,15). The summed E-state index contributed by atoms with van der Waals surface area (Å²) in [6, 6.07) is 7.42. The molecular weight excluding hydrogens is 258 g/mol. The van der Waals surface area contributed by atoms with Gasteiger partial charge in [-0.25, -0.2) is 5.48 Å². The van der Waals surface area contributed by atoms with Gasteiger partial charge in [0.25, 0.3) is 5.91 Å². The van der Waals surface area contributed by atoms with Crippen molar-refractivity contribution in [2.24, 2.45) is 0 Å².